The second-order valence-electron chi connectivity index (χ2n) is 6.30. The number of nitrogens with zero attached hydrogens (tertiary/aromatic N) is 1. The van der Waals surface area contributed by atoms with Gasteiger partial charge in [-0.2, -0.15) is 0 Å². The average Bonchev–Trinajstić information content (AvgIpc) is 2.96. The van der Waals surface area contributed by atoms with Crippen molar-refractivity contribution in [1.82, 2.24) is 15.3 Å². The summed E-state index contributed by atoms with van der Waals surface area (Å²) in [6, 6.07) is 6.65. The van der Waals surface area contributed by atoms with Gasteiger partial charge in [-0.05, 0) is 36.6 Å². The average molecular weight is 243 g/mol. The van der Waals surface area contributed by atoms with E-state index < -0.39 is 0 Å². The van der Waals surface area contributed by atoms with Gasteiger partial charge in [0.25, 0.3) is 0 Å². The van der Waals surface area contributed by atoms with E-state index in [9.17, 15) is 0 Å². The van der Waals surface area contributed by atoms with Gasteiger partial charge >= 0.3 is 0 Å². The van der Waals surface area contributed by atoms with Gasteiger partial charge in [-0.1, -0.05) is 26.8 Å². The zero-order chi connectivity index (χ0) is 12.8. The summed E-state index contributed by atoms with van der Waals surface area (Å²) in [6.45, 7) is 8.80. The Bertz CT molecular complexity index is 557. The van der Waals surface area contributed by atoms with Gasteiger partial charge in [-0.25, -0.2) is 4.98 Å². The molecule has 1 fully saturated rings. The summed E-state index contributed by atoms with van der Waals surface area (Å²) in [7, 11) is 0. The van der Waals surface area contributed by atoms with Crippen molar-refractivity contribution in [2.24, 2.45) is 0 Å². The minimum absolute atomic E-state index is 0.0775. The predicted molar refractivity (Wildman–Crippen MR) is 75.0 cm³/mol. The van der Waals surface area contributed by atoms with Crippen LogP contribution in [0.2, 0.25) is 0 Å². The van der Waals surface area contributed by atoms with Crippen LogP contribution in [-0.2, 0) is 5.41 Å². The van der Waals surface area contributed by atoms with Crippen LogP contribution >= 0.6 is 0 Å². The number of nitrogens with one attached hydrogen (secondary N) is 2. The number of hydrogen-bond acceptors (Lipinski definition) is 2. The second-order valence-corrected chi connectivity index (χ2v) is 6.30. The Morgan fingerprint density at radius 1 is 1.28 bits per heavy atom. The van der Waals surface area contributed by atoms with Crippen LogP contribution in [0.5, 0.6) is 0 Å². The molecule has 3 heteroatoms. The molecule has 1 saturated heterocycles. The molecule has 18 heavy (non-hydrogen) atoms. The molecule has 2 N–H and O–H groups in total. The molecule has 3 rings (SSSR count). The molecule has 2 heterocycles. The van der Waals surface area contributed by atoms with Gasteiger partial charge in [-0.15, -0.1) is 0 Å². The van der Waals surface area contributed by atoms with E-state index in [0.717, 1.165) is 24.4 Å². The van der Waals surface area contributed by atoms with E-state index in [1.807, 2.05) is 0 Å². The zero-order valence-electron chi connectivity index (χ0n) is 11.4. The molecule has 3 nitrogen and oxygen atoms in total. The fourth-order valence-electron chi connectivity index (χ4n) is 2.58. The van der Waals surface area contributed by atoms with Crippen molar-refractivity contribution >= 4 is 11.0 Å². The lowest BCUT2D eigenvalue weighted by Crippen LogP contribution is -2.12. The third-order valence-corrected chi connectivity index (χ3v) is 3.75. The molecular weight excluding hydrogens is 222 g/mol. The number of H-pyrrole nitrogens is 1. The van der Waals surface area contributed by atoms with Gasteiger partial charge in [0.05, 0.1) is 11.0 Å². The molecule has 0 aliphatic carbocycles. The van der Waals surface area contributed by atoms with Crippen LogP contribution in [0.1, 0.15) is 44.5 Å². The molecular formula is C15H21N3. The van der Waals surface area contributed by atoms with Crippen LogP contribution < -0.4 is 5.32 Å². The zero-order valence-corrected chi connectivity index (χ0v) is 11.4. The third kappa shape index (κ3) is 2.03. The largest absolute Gasteiger partial charge is 0.342 e. The number of rotatable bonds is 1. The molecule has 1 atom stereocenters. The molecule has 1 aromatic heterocycles. The fourth-order valence-corrected chi connectivity index (χ4v) is 2.58. The number of fused-ring (bicyclic) bond motifs is 1. The first-order chi connectivity index (χ1) is 8.54. The van der Waals surface area contributed by atoms with Gasteiger partial charge in [0.15, 0.2) is 0 Å². The monoisotopic (exact) mass is 243 g/mol. The SMILES string of the molecule is CC(C)(C)c1nc2ccc(C3CCNC3)cc2[nH]1. The van der Waals surface area contributed by atoms with Crippen LogP contribution in [0.4, 0.5) is 0 Å². The Morgan fingerprint density at radius 3 is 2.78 bits per heavy atom. The Hall–Kier alpha value is -1.35. The van der Waals surface area contributed by atoms with Crippen molar-refractivity contribution in [3.63, 3.8) is 0 Å². The van der Waals surface area contributed by atoms with Gasteiger partial charge in [0.2, 0.25) is 0 Å². The van der Waals surface area contributed by atoms with Gasteiger partial charge < -0.3 is 10.3 Å². The van der Waals surface area contributed by atoms with Crippen LogP contribution in [0.3, 0.4) is 0 Å². The second kappa shape index (κ2) is 4.09. The first kappa shape index (κ1) is 11.7. The highest BCUT2D eigenvalue weighted by Crippen LogP contribution is 2.27. The minimum atomic E-state index is 0.0775. The summed E-state index contributed by atoms with van der Waals surface area (Å²) < 4.78 is 0. The Labute approximate surface area is 108 Å². The highest BCUT2D eigenvalue weighted by molar-refractivity contribution is 5.76. The van der Waals surface area contributed by atoms with Gasteiger partial charge in [0, 0.05) is 12.0 Å². The third-order valence-electron chi connectivity index (χ3n) is 3.75. The minimum Gasteiger partial charge on any atom is -0.342 e. The molecule has 1 aliphatic heterocycles. The highest BCUT2D eigenvalue weighted by atomic mass is 14.9. The van der Waals surface area contributed by atoms with E-state index in [-0.39, 0.29) is 5.41 Å². The predicted octanol–water partition coefficient (Wildman–Crippen LogP) is 2.94. The summed E-state index contributed by atoms with van der Waals surface area (Å²) in [4.78, 5) is 8.15. The summed E-state index contributed by atoms with van der Waals surface area (Å²) in [5.41, 5.74) is 3.75. The number of aromatic amines is 1. The first-order valence-corrected chi connectivity index (χ1v) is 6.75. The maximum Gasteiger partial charge on any atom is 0.112 e. The highest BCUT2D eigenvalue weighted by Gasteiger charge is 2.20. The van der Waals surface area contributed by atoms with Crippen molar-refractivity contribution in [1.29, 1.82) is 0 Å². The van der Waals surface area contributed by atoms with Crippen LogP contribution in [0.25, 0.3) is 11.0 Å². The lowest BCUT2D eigenvalue weighted by atomic mass is 9.96. The van der Waals surface area contributed by atoms with Crippen molar-refractivity contribution in [2.75, 3.05) is 13.1 Å². The van der Waals surface area contributed by atoms with Crippen molar-refractivity contribution in [3.05, 3.63) is 29.6 Å². The lowest BCUT2D eigenvalue weighted by Gasteiger charge is -2.13. The van der Waals surface area contributed by atoms with Crippen LogP contribution in [0.15, 0.2) is 18.2 Å². The standard InChI is InChI=1S/C15H21N3/c1-15(2,3)14-17-12-5-4-10(8-13(12)18-14)11-6-7-16-9-11/h4-5,8,11,16H,6-7,9H2,1-3H3,(H,17,18). The number of hydrogen-bond donors (Lipinski definition) is 2. The Morgan fingerprint density at radius 2 is 2.11 bits per heavy atom. The van der Waals surface area contributed by atoms with Gasteiger partial charge in [-0.3, -0.25) is 0 Å². The fraction of sp³-hybridized carbons (Fsp3) is 0.533. The quantitative estimate of drug-likeness (QED) is 0.808. The van der Waals surface area contributed by atoms with Crippen LogP contribution in [0, 0.1) is 0 Å². The molecule has 96 valence electrons. The van der Waals surface area contributed by atoms with E-state index in [1.165, 1.54) is 17.5 Å². The summed E-state index contributed by atoms with van der Waals surface area (Å²) in [6.07, 6.45) is 1.24. The number of benzene rings is 1. The van der Waals surface area contributed by atoms with Gasteiger partial charge in [0.1, 0.15) is 5.82 Å². The molecule has 0 amide bonds. The summed E-state index contributed by atoms with van der Waals surface area (Å²) in [5.74, 6) is 1.73. The topological polar surface area (TPSA) is 40.7 Å². The van der Waals surface area contributed by atoms with Crippen molar-refractivity contribution < 1.29 is 0 Å². The van der Waals surface area contributed by atoms with Crippen LogP contribution in [-0.4, -0.2) is 23.1 Å². The molecule has 0 spiro atoms. The summed E-state index contributed by atoms with van der Waals surface area (Å²) >= 11 is 0. The lowest BCUT2D eigenvalue weighted by molar-refractivity contribution is 0.554. The Balaban J connectivity index is 2.01. The molecule has 1 aromatic carbocycles. The molecule has 1 aliphatic rings. The Kier molecular flexibility index (Phi) is 2.67. The smallest absolute Gasteiger partial charge is 0.112 e. The molecule has 0 bridgehead atoms. The van der Waals surface area contributed by atoms with E-state index in [2.05, 4.69) is 54.3 Å². The molecule has 0 saturated carbocycles. The maximum atomic E-state index is 4.68. The van der Waals surface area contributed by atoms with Crippen molar-refractivity contribution in [3.8, 4) is 0 Å². The van der Waals surface area contributed by atoms with E-state index in [1.54, 1.807) is 0 Å². The first-order valence-electron chi connectivity index (χ1n) is 6.75. The van der Waals surface area contributed by atoms with E-state index in [4.69, 9.17) is 0 Å². The summed E-state index contributed by atoms with van der Waals surface area (Å²) in [5, 5.41) is 3.42. The maximum absolute atomic E-state index is 4.68. The number of aromatic nitrogens is 2. The van der Waals surface area contributed by atoms with Crippen molar-refractivity contribution in [2.45, 2.75) is 38.5 Å². The molecule has 0 radical (unpaired) electrons. The van der Waals surface area contributed by atoms with E-state index >= 15 is 0 Å². The molecule has 2 aromatic rings. The normalized spacial score (nSPS) is 20.7. The number of imidazole rings is 1. The molecule has 1 unspecified atom stereocenters. The van der Waals surface area contributed by atoms with E-state index in [0.29, 0.717) is 5.92 Å².